The van der Waals surface area contributed by atoms with Gasteiger partial charge in [0.05, 0.1) is 6.61 Å². The second-order valence-corrected chi connectivity index (χ2v) is 2.22. The smallest absolute Gasteiger partial charge is 0.330 e. The third-order valence-electron chi connectivity index (χ3n) is 1.04. The van der Waals surface area contributed by atoms with E-state index in [1.165, 1.54) is 0 Å². The highest BCUT2D eigenvalue weighted by Gasteiger charge is 2.01. The highest BCUT2D eigenvalue weighted by atomic mass is 31.0. The standard InChI is InChI=1S/C6H11O3P/c1-5(6(7)8)3-2-4-9-10/h1-4,10H2,(H,7,8). The Hall–Kier alpha value is -0.400. The topological polar surface area (TPSA) is 46.5 Å². The second kappa shape index (κ2) is 5.39. The van der Waals surface area contributed by atoms with Crippen molar-refractivity contribution in [3.8, 4) is 0 Å². The summed E-state index contributed by atoms with van der Waals surface area (Å²) in [5.41, 5.74) is 0.238. The number of hydrogen-bond acceptors (Lipinski definition) is 2. The largest absolute Gasteiger partial charge is 0.478 e. The van der Waals surface area contributed by atoms with Crippen molar-refractivity contribution < 1.29 is 14.4 Å². The molecule has 58 valence electrons. The van der Waals surface area contributed by atoms with Gasteiger partial charge in [0.2, 0.25) is 0 Å². The molecule has 0 bridgehead atoms. The highest BCUT2D eigenvalue weighted by Crippen LogP contribution is 2.02. The molecule has 0 heterocycles. The summed E-state index contributed by atoms with van der Waals surface area (Å²) in [6.45, 7) is 3.92. The first-order chi connectivity index (χ1) is 4.68. The molecule has 0 saturated heterocycles. The Bertz CT molecular complexity index is 133. The van der Waals surface area contributed by atoms with Crippen LogP contribution in [0.4, 0.5) is 0 Å². The van der Waals surface area contributed by atoms with Crippen LogP contribution in [0.2, 0.25) is 0 Å². The first kappa shape index (κ1) is 9.60. The molecule has 0 spiro atoms. The molecule has 1 atom stereocenters. The van der Waals surface area contributed by atoms with Crippen molar-refractivity contribution in [2.24, 2.45) is 0 Å². The van der Waals surface area contributed by atoms with Gasteiger partial charge in [0.15, 0.2) is 0 Å². The Morgan fingerprint density at radius 1 is 1.70 bits per heavy atom. The third kappa shape index (κ3) is 4.48. The zero-order valence-electron chi connectivity index (χ0n) is 5.67. The fourth-order valence-electron chi connectivity index (χ4n) is 0.476. The van der Waals surface area contributed by atoms with Gasteiger partial charge in [-0.15, -0.1) is 0 Å². The van der Waals surface area contributed by atoms with Crippen LogP contribution < -0.4 is 0 Å². The maximum absolute atomic E-state index is 10.1. The van der Waals surface area contributed by atoms with Crippen LogP contribution in [-0.2, 0) is 9.32 Å². The van der Waals surface area contributed by atoms with E-state index in [0.29, 0.717) is 19.4 Å². The van der Waals surface area contributed by atoms with Crippen LogP contribution in [0.25, 0.3) is 0 Å². The van der Waals surface area contributed by atoms with Crippen LogP contribution in [0.1, 0.15) is 12.8 Å². The van der Waals surface area contributed by atoms with Crippen LogP contribution in [0, 0.1) is 0 Å². The van der Waals surface area contributed by atoms with E-state index in [2.05, 4.69) is 20.6 Å². The Balaban J connectivity index is 3.31. The fourth-order valence-corrected chi connectivity index (χ4v) is 0.642. The van der Waals surface area contributed by atoms with Gasteiger partial charge in [-0.3, -0.25) is 0 Å². The van der Waals surface area contributed by atoms with Crippen molar-refractivity contribution in [1.82, 2.24) is 0 Å². The average Bonchev–Trinajstić information content (AvgIpc) is 1.88. The molecule has 4 heteroatoms. The molecule has 3 nitrogen and oxygen atoms in total. The van der Waals surface area contributed by atoms with Gasteiger partial charge in [-0.1, -0.05) is 6.58 Å². The van der Waals surface area contributed by atoms with Crippen LogP contribution in [0.15, 0.2) is 12.2 Å². The SMILES string of the molecule is C=C(CCCOP)C(=O)O. The lowest BCUT2D eigenvalue weighted by atomic mass is 10.2. The molecule has 0 fully saturated rings. The molecule has 0 aliphatic carbocycles. The minimum absolute atomic E-state index is 0.238. The summed E-state index contributed by atoms with van der Waals surface area (Å²) in [7, 11) is 2.11. The number of carbonyl (C=O) groups is 1. The van der Waals surface area contributed by atoms with E-state index in [4.69, 9.17) is 5.11 Å². The van der Waals surface area contributed by atoms with Gasteiger partial charge in [-0.05, 0) is 12.8 Å². The van der Waals surface area contributed by atoms with Crippen molar-refractivity contribution in [1.29, 1.82) is 0 Å². The van der Waals surface area contributed by atoms with E-state index < -0.39 is 5.97 Å². The van der Waals surface area contributed by atoms with Crippen molar-refractivity contribution in [3.63, 3.8) is 0 Å². The van der Waals surface area contributed by atoms with Gasteiger partial charge in [0.1, 0.15) is 0 Å². The summed E-state index contributed by atoms with van der Waals surface area (Å²) in [6.07, 6.45) is 1.19. The maximum Gasteiger partial charge on any atom is 0.330 e. The summed E-state index contributed by atoms with van der Waals surface area (Å²) in [5.74, 6) is -0.927. The molecule has 0 aliphatic rings. The fraction of sp³-hybridized carbons (Fsp3) is 0.500. The maximum atomic E-state index is 10.1. The third-order valence-corrected chi connectivity index (χ3v) is 1.28. The first-order valence-corrected chi connectivity index (χ1v) is 3.38. The van der Waals surface area contributed by atoms with E-state index in [1.807, 2.05) is 0 Å². The van der Waals surface area contributed by atoms with Crippen LogP contribution in [0.5, 0.6) is 0 Å². The second-order valence-electron chi connectivity index (χ2n) is 1.88. The van der Waals surface area contributed by atoms with Crippen molar-refractivity contribution in [3.05, 3.63) is 12.2 Å². The minimum Gasteiger partial charge on any atom is -0.478 e. The lowest BCUT2D eigenvalue weighted by Gasteiger charge is -1.97. The molecule has 0 aliphatic heterocycles. The molecule has 0 rings (SSSR count). The number of carboxylic acid groups (broad SMARTS) is 1. The minimum atomic E-state index is -0.927. The van der Waals surface area contributed by atoms with E-state index >= 15 is 0 Å². The van der Waals surface area contributed by atoms with Gasteiger partial charge < -0.3 is 9.63 Å². The van der Waals surface area contributed by atoms with E-state index in [0.717, 1.165) is 0 Å². The number of carboxylic acids is 1. The van der Waals surface area contributed by atoms with Gasteiger partial charge in [0.25, 0.3) is 0 Å². The van der Waals surface area contributed by atoms with Crippen LogP contribution in [0.3, 0.4) is 0 Å². The predicted molar refractivity (Wildman–Crippen MR) is 41.7 cm³/mol. The number of rotatable bonds is 5. The lowest BCUT2D eigenvalue weighted by Crippen LogP contribution is -1.99. The Morgan fingerprint density at radius 2 is 2.30 bits per heavy atom. The molecule has 0 aromatic rings. The lowest BCUT2D eigenvalue weighted by molar-refractivity contribution is -0.132. The van der Waals surface area contributed by atoms with Crippen molar-refractivity contribution in [2.75, 3.05) is 6.61 Å². The Labute approximate surface area is 62.4 Å². The molecule has 0 amide bonds. The quantitative estimate of drug-likeness (QED) is 0.375. The van der Waals surface area contributed by atoms with Gasteiger partial charge in [0, 0.05) is 15.0 Å². The normalized spacial score (nSPS) is 9.30. The molecule has 0 aromatic heterocycles. The molecule has 1 N–H and O–H groups in total. The molecule has 0 saturated carbocycles. The summed E-state index contributed by atoms with van der Waals surface area (Å²) >= 11 is 0. The van der Waals surface area contributed by atoms with Crippen molar-refractivity contribution in [2.45, 2.75) is 12.8 Å². The zero-order valence-corrected chi connectivity index (χ0v) is 6.82. The predicted octanol–water partition coefficient (Wildman–Crippen LogP) is 1.21. The molecule has 0 radical (unpaired) electrons. The number of aliphatic carboxylic acids is 1. The van der Waals surface area contributed by atoms with E-state index in [1.54, 1.807) is 0 Å². The molecular formula is C6H11O3P. The zero-order chi connectivity index (χ0) is 7.98. The Kier molecular flexibility index (Phi) is 5.17. The monoisotopic (exact) mass is 162 g/mol. The molecule has 1 unspecified atom stereocenters. The summed E-state index contributed by atoms with van der Waals surface area (Å²) < 4.78 is 4.65. The first-order valence-electron chi connectivity index (χ1n) is 2.91. The van der Waals surface area contributed by atoms with Crippen LogP contribution in [-0.4, -0.2) is 17.7 Å². The van der Waals surface area contributed by atoms with Gasteiger partial charge in [-0.25, -0.2) is 4.79 Å². The highest BCUT2D eigenvalue weighted by molar-refractivity contribution is 7.09. The van der Waals surface area contributed by atoms with Crippen molar-refractivity contribution >= 4 is 15.4 Å². The van der Waals surface area contributed by atoms with Gasteiger partial charge >= 0.3 is 5.97 Å². The summed E-state index contributed by atoms with van der Waals surface area (Å²) in [4.78, 5) is 10.1. The van der Waals surface area contributed by atoms with E-state index in [9.17, 15) is 4.79 Å². The van der Waals surface area contributed by atoms with E-state index in [-0.39, 0.29) is 5.57 Å². The molecule has 0 aromatic carbocycles. The molecular weight excluding hydrogens is 151 g/mol. The summed E-state index contributed by atoms with van der Waals surface area (Å²) in [6, 6.07) is 0. The average molecular weight is 162 g/mol. The van der Waals surface area contributed by atoms with Crippen LogP contribution >= 0.6 is 9.47 Å². The van der Waals surface area contributed by atoms with Gasteiger partial charge in [-0.2, -0.15) is 0 Å². The Morgan fingerprint density at radius 3 is 2.70 bits per heavy atom. The number of hydrogen-bond donors (Lipinski definition) is 1. The molecule has 10 heavy (non-hydrogen) atoms. The summed E-state index contributed by atoms with van der Waals surface area (Å²) in [5, 5.41) is 8.34.